The number of aliphatic hydroxyl groups is 1. The fraction of sp³-hybridized carbons (Fsp3) is 0.318. The second-order valence-electron chi connectivity index (χ2n) is 7.17. The number of pyridine rings is 1. The van der Waals surface area contributed by atoms with E-state index in [2.05, 4.69) is 10.3 Å². The van der Waals surface area contributed by atoms with Crippen LogP contribution in [0.2, 0.25) is 0 Å². The summed E-state index contributed by atoms with van der Waals surface area (Å²) in [5.74, 6) is -2.06. The number of aryl methyl sites for hydroxylation is 1. The fourth-order valence-electron chi connectivity index (χ4n) is 3.31. The highest BCUT2D eigenvalue weighted by atomic mass is 32.2. The van der Waals surface area contributed by atoms with E-state index in [0.717, 1.165) is 35.7 Å². The van der Waals surface area contributed by atoms with Gasteiger partial charge in [-0.15, -0.1) is 0 Å². The number of anilines is 1. The molecule has 0 bridgehead atoms. The van der Waals surface area contributed by atoms with Gasteiger partial charge in [0.15, 0.2) is 17.2 Å². The average Bonchev–Trinajstić information content (AvgIpc) is 2.71. The molecule has 1 unspecified atom stereocenters. The van der Waals surface area contributed by atoms with Crippen molar-refractivity contribution in [2.45, 2.75) is 31.7 Å². The van der Waals surface area contributed by atoms with Crippen molar-refractivity contribution in [3.05, 3.63) is 65.6 Å². The number of phenolic OH excluding ortho intramolecular Hbond substituents is 1. The minimum absolute atomic E-state index is 0.104. The van der Waals surface area contributed by atoms with Crippen LogP contribution in [0.4, 0.5) is 23.2 Å². The molecular formula is C22H22F4N2O2S. The van der Waals surface area contributed by atoms with Crippen LogP contribution in [0.1, 0.15) is 24.2 Å². The van der Waals surface area contributed by atoms with Crippen LogP contribution in [0, 0.1) is 12.7 Å². The van der Waals surface area contributed by atoms with Crippen molar-refractivity contribution in [1.82, 2.24) is 4.98 Å². The maximum Gasteiger partial charge on any atom is 0.420 e. The van der Waals surface area contributed by atoms with Gasteiger partial charge in [-0.05, 0) is 54.6 Å². The lowest BCUT2D eigenvalue weighted by molar-refractivity contribution is -0.256. The Labute approximate surface area is 181 Å². The number of phenols is 1. The molecule has 0 aliphatic heterocycles. The number of aromatic nitrogens is 1. The summed E-state index contributed by atoms with van der Waals surface area (Å²) in [7, 11) is 0. The zero-order chi connectivity index (χ0) is 22.8. The first-order valence-electron chi connectivity index (χ1n) is 9.55. The molecule has 1 aromatic heterocycles. The normalized spacial score (nSPS) is 14.9. The summed E-state index contributed by atoms with van der Waals surface area (Å²) >= 11 is 0.929. The molecule has 2 atom stereocenters. The predicted molar refractivity (Wildman–Crippen MR) is 115 cm³/mol. The molecule has 2 aromatic carbocycles. The maximum atomic E-state index is 14.2. The van der Waals surface area contributed by atoms with Gasteiger partial charge >= 0.3 is 6.18 Å². The second-order valence-corrected chi connectivity index (χ2v) is 8.45. The van der Waals surface area contributed by atoms with E-state index in [-0.39, 0.29) is 5.56 Å². The number of hydrogen-bond donors (Lipinski definition) is 3. The number of nitrogens with one attached hydrogen (secondary N) is 1. The van der Waals surface area contributed by atoms with Gasteiger partial charge in [-0.3, -0.25) is 4.98 Å². The van der Waals surface area contributed by atoms with Crippen LogP contribution in [0.15, 0.2) is 48.5 Å². The highest BCUT2D eigenvalue weighted by Crippen LogP contribution is 2.45. The largest absolute Gasteiger partial charge is 0.505 e. The second kappa shape index (κ2) is 8.92. The van der Waals surface area contributed by atoms with Gasteiger partial charge < -0.3 is 15.5 Å². The van der Waals surface area contributed by atoms with Gasteiger partial charge in [0.2, 0.25) is 0 Å². The van der Waals surface area contributed by atoms with Gasteiger partial charge in [0.1, 0.15) is 0 Å². The molecule has 0 aliphatic rings. The van der Waals surface area contributed by atoms with E-state index in [9.17, 15) is 27.8 Å². The molecule has 0 aliphatic carbocycles. The number of halogens is 4. The van der Waals surface area contributed by atoms with E-state index in [1.165, 1.54) is 0 Å². The minimum Gasteiger partial charge on any atom is -0.505 e. The third kappa shape index (κ3) is 4.72. The zero-order valence-electron chi connectivity index (χ0n) is 16.9. The molecule has 166 valence electrons. The van der Waals surface area contributed by atoms with E-state index in [0.29, 0.717) is 22.3 Å². The first kappa shape index (κ1) is 23.1. The fourth-order valence-corrected chi connectivity index (χ4v) is 4.16. The van der Waals surface area contributed by atoms with Crippen molar-refractivity contribution >= 4 is 28.4 Å². The molecule has 0 fully saturated rings. The predicted octanol–water partition coefficient (Wildman–Crippen LogP) is 5.59. The van der Waals surface area contributed by atoms with E-state index in [1.54, 1.807) is 44.2 Å². The number of rotatable bonds is 7. The Hall–Kier alpha value is -2.52. The number of fused-ring (bicyclic) bond motifs is 1. The molecule has 0 spiro atoms. The molecule has 3 aromatic rings. The van der Waals surface area contributed by atoms with Crippen LogP contribution in [0.3, 0.4) is 0 Å². The lowest BCUT2D eigenvalue weighted by Gasteiger charge is -2.39. The molecule has 0 saturated carbocycles. The van der Waals surface area contributed by atoms with Crippen LogP contribution < -0.4 is 5.32 Å². The Morgan fingerprint density at radius 2 is 1.87 bits per heavy atom. The summed E-state index contributed by atoms with van der Waals surface area (Å²) in [4.78, 5) is 4.38. The van der Waals surface area contributed by atoms with Crippen molar-refractivity contribution in [2.24, 2.45) is 0 Å². The van der Waals surface area contributed by atoms with Gasteiger partial charge in [-0.1, -0.05) is 19.1 Å². The maximum absolute atomic E-state index is 14.2. The van der Waals surface area contributed by atoms with Gasteiger partial charge in [0, 0.05) is 22.5 Å². The molecule has 31 heavy (non-hydrogen) atoms. The van der Waals surface area contributed by atoms with Crippen LogP contribution >= 0.6 is 11.8 Å². The minimum atomic E-state index is -5.00. The highest BCUT2D eigenvalue weighted by molar-refractivity contribution is 7.99. The van der Waals surface area contributed by atoms with Crippen LogP contribution in [0.5, 0.6) is 5.75 Å². The van der Waals surface area contributed by atoms with Gasteiger partial charge in [0.25, 0.3) is 0 Å². The number of nitrogens with zero attached hydrogens (tertiary/aromatic N) is 1. The molecule has 9 heteroatoms. The Bertz CT molecular complexity index is 1080. The Balaban J connectivity index is 2.17. The van der Waals surface area contributed by atoms with E-state index < -0.39 is 35.1 Å². The highest BCUT2D eigenvalue weighted by Gasteiger charge is 2.59. The van der Waals surface area contributed by atoms with Crippen LogP contribution in [-0.2, 0) is 0 Å². The summed E-state index contributed by atoms with van der Waals surface area (Å²) in [6, 6.07) is 9.59. The summed E-state index contributed by atoms with van der Waals surface area (Å²) in [5, 5.41) is 24.1. The first-order valence-corrected chi connectivity index (χ1v) is 10.7. The lowest BCUT2D eigenvalue weighted by atomic mass is 9.88. The van der Waals surface area contributed by atoms with E-state index in [1.807, 2.05) is 0 Å². The van der Waals surface area contributed by atoms with Crippen LogP contribution in [0.25, 0.3) is 10.9 Å². The molecule has 4 nitrogen and oxygen atoms in total. The number of thioether (sulfide) groups is 1. The standard InChI is InChI=1S/C22H22F4N2O2S/c1-3-31-12-21(30,22(24,25)26)20(14-8-10-16(23)19(29)11-14)28-18-6-4-5-17-15(18)9-7-13(2)27-17/h4-11,20,28-30H,3,12H2,1-2H3/t20-,21?/m0/s1. The SMILES string of the molecule is CCSCC(O)([C@@H](Nc1cccc2nc(C)ccc12)c1ccc(F)c(O)c1)C(F)(F)F. The summed E-state index contributed by atoms with van der Waals surface area (Å²) in [6.45, 7) is 3.49. The topological polar surface area (TPSA) is 65.4 Å². The van der Waals surface area contributed by atoms with Crippen LogP contribution in [-0.4, -0.2) is 38.5 Å². The quantitative estimate of drug-likeness (QED) is 0.407. The van der Waals surface area contributed by atoms with E-state index in [4.69, 9.17) is 0 Å². The van der Waals surface area contributed by atoms with Gasteiger partial charge in [-0.2, -0.15) is 24.9 Å². The molecule has 1 heterocycles. The van der Waals surface area contributed by atoms with Crippen molar-refractivity contribution < 1.29 is 27.8 Å². The van der Waals surface area contributed by atoms with Crippen molar-refractivity contribution in [3.63, 3.8) is 0 Å². The Kier molecular flexibility index (Phi) is 6.66. The van der Waals surface area contributed by atoms with Crippen molar-refractivity contribution in [3.8, 4) is 5.75 Å². The number of alkyl halides is 3. The summed E-state index contributed by atoms with van der Waals surface area (Å²) in [6.07, 6.45) is -5.00. The third-order valence-electron chi connectivity index (χ3n) is 4.97. The first-order chi connectivity index (χ1) is 14.6. The van der Waals surface area contributed by atoms with Gasteiger partial charge in [0.05, 0.1) is 11.6 Å². The van der Waals surface area contributed by atoms with Crippen molar-refractivity contribution in [1.29, 1.82) is 0 Å². The number of hydrogen-bond acceptors (Lipinski definition) is 5. The monoisotopic (exact) mass is 454 g/mol. The van der Waals surface area contributed by atoms with Crippen molar-refractivity contribution in [2.75, 3.05) is 16.8 Å². The molecular weight excluding hydrogens is 432 g/mol. The Morgan fingerprint density at radius 3 is 2.52 bits per heavy atom. The Morgan fingerprint density at radius 1 is 1.13 bits per heavy atom. The summed E-state index contributed by atoms with van der Waals surface area (Å²) in [5.41, 5.74) is -1.66. The number of aromatic hydroxyl groups is 1. The lowest BCUT2D eigenvalue weighted by Crippen LogP contribution is -2.54. The zero-order valence-corrected chi connectivity index (χ0v) is 17.7. The number of benzene rings is 2. The molecule has 0 amide bonds. The molecule has 3 N–H and O–H groups in total. The summed E-state index contributed by atoms with van der Waals surface area (Å²) < 4.78 is 56.1. The third-order valence-corrected chi connectivity index (χ3v) is 6.02. The molecule has 0 saturated heterocycles. The molecule has 0 radical (unpaired) electrons. The van der Waals surface area contributed by atoms with Gasteiger partial charge in [-0.25, -0.2) is 4.39 Å². The molecule has 3 rings (SSSR count). The smallest absolute Gasteiger partial charge is 0.420 e. The average molecular weight is 454 g/mol. The van der Waals surface area contributed by atoms with E-state index >= 15 is 0 Å².